The highest BCUT2D eigenvalue weighted by Gasteiger charge is 2.21. The minimum atomic E-state index is -0.0364. The SMILES string of the molecule is Cc1ccc(C(=O)NCCc2nnc3n2CCN(C[C@@H](C)Cc2ccc4c(c2)OCO4)CC3)c(C)c1. The molecular weight excluding hydrogens is 454 g/mol. The molecule has 0 radical (unpaired) electrons. The number of nitrogens with zero attached hydrogens (tertiary/aromatic N) is 4. The van der Waals surface area contributed by atoms with Crippen molar-refractivity contribution < 1.29 is 14.3 Å². The summed E-state index contributed by atoms with van der Waals surface area (Å²) in [7, 11) is 0. The fraction of sp³-hybridized carbons (Fsp3) is 0.464. The molecule has 0 spiro atoms. The third kappa shape index (κ3) is 5.54. The Labute approximate surface area is 212 Å². The average molecular weight is 490 g/mol. The quantitative estimate of drug-likeness (QED) is 0.523. The number of nitrogens with one attached hydrogen (secondary N) is 1. The number of amides is 1. The van der Waals surface area contributed by atoms with Gasteiger partial charge >= 0.3 is 0 Å². The summed E-state index contributed by atoms with van der Waals surface area (Å²) >= 11 is 0. The molecule has 8 nitrogen and oxygen atoms in total. The fourth-order valence-corrected chi connectivity index (χ4v) is 5.22. The molecule has 1 atom stereocenters. The van der Waals surface area contributed by atoms with Gasteiger partial charge in [0.15, 0.2) is 11.5 Å². The highest BCUT2D eigenvalue weighted by Crippen LogP contribution is 2.33. The number of hydrogen-bond donors (Lipinski definition) is 1. The van der Waals surface area contributed by atoms with Crippen LogP contribution in [-0.4, -0.2) is 58.5 Å². The van der Waals surface area contributed by atoms with Gasteiger partial charge in [-0.2, -0.15) is 0 Å². The number of aryl methyl sites for hydroxylation is 2. The van der Waals surface area contributed by atoms with Crippen molar-refractivity contribution in [2.75, 3.05) is 33.0 Å². The van der Waals surface area contributed by atoms with Crippen LogP contribution in [-0.2, 0) is 25.8 Å². The molecule has 0 unspecified atom stereocenters. The number of carbonyl (C=O) groups excluding carboxylic acids is 1. The summed E-state index contributed by atoms with van der Waals surface area (Å²) in [6, 6.07) is 12.2. The minimum Gasteiger partial charge on any atom is -0.454 e. The van der Waals surface area contributed by atoms with Crippen molar-refractivity contribution in [2.45, 2.75) is 46.6 Å². The Morgan fingerprint density at radius 1 is 1.06 bits per heavy atom. The Hall–Kier alpha value is -3.39. The second kappa shape index (κ2) is 10.7. The van der Waals surface area contributed by atoms with Crippen LogP contribution >= 0.6 is 0 Å². The first-order chi connectivity index (χ1) is 17.5. The summed E-state index contributed by atoms with van der Waals surface area (Å²) < 4.78 is 13.2. The smallest absolute Gasteiger partial charge is 0.251 e. The molecule has 1 aromatic heterocycles. The number of benzene rings is 2. The van der Waals surface area contributed by atoms with Gasteiger partial charge in [-0.3, -0.25) is 4.79 Å². The van der Waals surface area contributed by atoms with Crippen molar-refractivity contribution in [2.24, 2.45) is 5.92 Å². The molecule has 0 saturated heterocycles. The Bertz CT molecular complexity index is 1240. The Balaban J connectivity index is 1.11. The van der Waals surface area contributed by atoms with Gasteiger partial charge in [0.2, 0.25) is 6.79 Å². The molecule has 0 bridgehead atoms. The van der Waals surface area contributed by atoms with E-state index in [0.29, 0.717) is 25.7 Å². The monoisotopic (exact) mass is 489 g/mol. The second-order valence-electron chi connectivity index (χ2n) is 10.1. The summed E-state index contributed by atoms with van der Waals surface area (Å²) in [5.74, 6) is 4.16. The predicted octanol–water partition coefficient (Wildman–Crippen LogP) is 3.33. The molecule has 5 rings (SSSR count). The first kappa shape index (κ1) is 24.3. The normalized spacial score (nSPS) is 15.9. The number of ether oxygens (including phenoxy) is 2. The van der Waals surface area contributed by atoms with E-state index in [-0.39, 0.29) is 5.91 Å². The Morgan fingerprint density at radius 2 is 1.92 bits per heavy atom. The number of carbonyl (C=O) groups is 1. The fourth-order valence-electron chi connectivity index (χ4n) is 5.22. The lowest BCUT2D eigenvalue weighted by Crippen LogP contribution is -2.32. The van der Waals surface area contributed by atoms with E-state index < -0.39 is 0 Å². The van der Waals surface area contributed by atoms with Crippen LogP contribution in [0.2, 0.25) is 0 Å². The lowest BCUT2D eigenvalue weighted by molar-refractivity contribution is 0.0953. The lowest BCUT2D eigenvalue weighted by atomic mass is 10.00. The van der Waals surface area contributed by atoms with Crippen LogP contribution in [0, 0.1) is 19.8 Å². The van der Waals surface area contributed by atoms with Crippen LogP contribution in [0.15, 0.2) is 36.4 Å². The van der Waals surface area contributed by atoms with Crippen LogP contribution in [0.5, 0.6) is 11.5 Å². The molecule has 0 aliphatic carbocycles. The molecule has 1 N–H and O–H groups in total. The molecule has 2 aliphatic rings. The molecule has 8 heteroatoms. The zero-order chi connectivity index (χ0) is 25.1. The predicted molar refractivity (Wildman–Crippen MR) is 138 cm³/mol. The standard InChI is InChI=1S/C28H35N5O3/c1-19-4-6-23(21(3)14-19)28(34)29-10-8-26-30-31-27-9-11-32(12-13-33(26)27)17-20(2)15-22-5-7-24-25(16-22)36-18-35-24/h4-7,14,16,20H,8-13,15,17-18H2,1-3H3,(H,29,34)/t20-/m0/s1. The number of hydrogen-bond acceptors (Lipinski definition) is 6. The topological polar surface area (TPSA) is 81.5 Å². The zero-order valence-corrected chi connectivity index (χ0v) is 21.4. The van der Waals surface area contributed by atoms with Crippen LogP contribution in [0.25, 0.3) is 0 Å². The van der Waals surface area contributed by atoms with Gasteiger partial charge in [0.05, 0.1) is 0 Å². The van der Waals surface area contributed by atoms with E-state index in [1.54, 1.807) is 0 Å². The van der Waals surface area contributed by atoms with Crippen molar-refractivity contribution in [3.63, 3.8) is 0 Å². The van der Waals surface area contributed by atoms with E-state index in [1.807, 2.05) is 38.1 Å². The van der Waals surface area contributed by atoms with Gasteiger partial charge < -0.3 is 24.3 Å². The van der Waals surface area contributed by atoms with Crippen LogP contribution in [0.1, 0.15) is 45.6 Å². The van der Waals surface area contributed by atoms with E-state index in [4.69, 9.17) is 9.47 Å². The van der Waals surface area contributed by atoms with Gasteiger partial charge in [0.1, 0.15) is 11.6 Å². The summed E-state index contributed by atoms with van der Waals surface area (Å²) in [6.45, 7) is 11.0. The van der Waals surface area contributed by atoms with Crippen LogP contribution in [0.4, 0.5) is 0 Å². The third-order valence-corrected chi connectivity index (χ3v) is 7.05. The van der Waals surface area contributed by atoms with Gasteiger partial charge in [-0.05, 0) is 55.5 Å². The lowest BCUT2D eigenvalue weighted by Gasteiger charge is -2.24. The van der Waals surface area contributed by atoms with Gasteiger partial charge in [0, 0.05) is 51.1 Å². The largest absolute Gasteiger partial charge is 0.454 e. The first-order valence-corrected chi connectivity index (χ1v) is 12.8. The molecule has 3 aromatic rings. The number of aromatic nitrogens is 3. The molecule has 0 fully saturated rings. The maximum Gasteiger partial charge on any atom is 0.251 e. The van der Waals surface area contributed by atoms with Crippen molar-refractivity contribution in [1.82, 2.24) is 25.0 Å². The summed E-state index contributed by atoms with van der Waals surface area (Å²) in [6.07, 6.45) is 2.56. The maximum atomic E-state index is 12.6. The summed E-state index contributed by atoms with van der Waals surface area (Å²) in [4.78, 5) is 15.1. The zero-order valence-electron chi connectivity index (χ0n) is 21.4. The molecular formula is C28H35N5O3. The molecule has 36 heavy (non-hydrogen) atoms. The van der Waals surface area contributed by atoms with Crippen molar-refractivity contribution >= 4 is 5.91 Å². The van der Waals surface area contributed by atoms with Gasteiger partial charge in [-0.25, -0.2) is 0 Å². The van der Waals surface area contributed by atoms with E-state index >= 15 is 0 Å². The second-order valence-corrected chi connectivity index (χ2v) is 10.1. The summed E-state index contributed by atoms with van der Waals surface area (Å²) in [5, 5.41) is 11.9. The minimum absolute atomic E-state index is 0.0364. The van der Waals surface area contributed by atoms with Crippen LogP contribution < -0.4 is 14.8 Å². The van der Waals surface area contributed by atoms with Gasteiger partial charge in [-0.15, -0.1) is 10.2 Å². The van der Waals surface area contributed by atoms with E-state index in [1.165, 1.54) is 5.56 Å². The molecule has 2 aromatic carbocycles. The highest BCUT2D eigenvalue weighted by atomic mass is 16.7. The van der Waals surface area contributed by atoms with Gasteiger partial charge in [0.25, 0.3) is 5.91 Å². The molecule has 3 heterocycles. The Kier molecular flexibility index (Phi) is 7.23. The van der Waals surface area contributed by atoms with Crippen molar-refractivity contribution in [1.29, 1.82) is 0 Å². The van der Waals surface area contributed by atoms with E-state index in [0.717, 1.165) is 78.9 Å². The van der Waals surface area contributed by atoms with Crippen molar-refractivity contribution in [3.05, 3.63) is 70.3 Å². The maximum absolute atomic E-state index is 12.6. The first-order valence-electron chi connectivity index (χ1n) is 12.8. The molecule has 2 aliphatic heterocycles. The van der Waals surface area contributed by atoms with E-state index in [9.17, 15) is 4.79 Å². The molecule has 1 amide bonds. The molecule has 190 valence electrons. The summed E-state index contributed by atoms with van der Waals surface area (Å²) in [5.41, 5.74) is 4.17. The molecule has 0 saturated carbocycles. The third-order valence-electron chi connectivity index (χ3n) is 7.05. The number of rotatable bonds is 8. The van der Waals surface area contributed by atoms with E-state index in [2.05, 4.69) is 44.0 Å². The van der Waals surface area contributed by atoms with Crippen molar-refractivity contribution in [3.8, 4) is 11.5 Å². The van der Waals surface area contributed by atoms with Crippen LogP contribution in [0.3, 0.4) is 0 Å². The highest BCUT2D eigenvalue weighted by molar-refractivity contribution is 5.95. The Morgan fingerprint density at radius 3 is 2.78 bits per heavy atom. The van der Waals surface area contributed by atoms with Gasteiger partial charge in [-0.1, -0.05) is 30.7 Å². The number of fused-ring (bicyclic) bond motifs is 2. The average Bonchev–Trinajstić information content (AvgIpc) is 3.41.